The molecule has 1 aromatic heterocycles. The number of rotatable bonds is 8. The van der Waals surface area contributed by atoms with Crippen LogP contribution in [0.4, 0.5) is 18.9 Å². The van der Waals surface area contributed by atoms with Crippen molar-refractivity contribution in [3.8, 4) is 11.6 Å². The molecule has 0 saturated carbocycles. The van der Waals surface area contributed by atoms with Crippen LogP contribution >= 0.6 is 0 Å². The van der Waals surface area contributed by atoms with Gasteiger partial charge >= 0.3 is 17.9 Å². The molecule has 3 aromatic carbocycles. The summed E-state index contributed by atoms with van der Waals surface area (Å²) < 4.78 is 47.7. The van der Waals surface area contributed by atoms with Crippen molar-refractivity contribution in [2.75, 3.05) is 25.4 Å². The largest absolute Gasteiger partial charge is 0.479 e. The monoisotopic (exact) mass is 648 g/mol. The van der Waals surface area contributed by atoms with Crippen molar-refractivity contribution in [2.24, 2.45) is 5.92 Å². The Kier molecular flexibility index (Phi) is 12.4. The molecule has 1 aliphatic heterocycles. The fourth-order valence-corrected chi connectivity index (χ4v) is 4.22. The summed E-state index contributed by atoms with van der Waals surface area (Å²) >= 11 is 0. The van der Waals surface area contributed by atoms with Crippen LogP contribution in [0.15, 0.2) is 60.7 Å². The van der Waals surface area contributed by atoms with Crippen molar-refractivity contribution in [3.05, 3.63) is 83.7 Å². The number of benzene rings is 3. The molecule has 246 valence electrons. The molecule has 16 heteroatoms. The van der Waals surface area contributed by atoms with Gasteiger partial charge in [0.25, 0.3) is 0 Å². The van der Waals surface area contributed by atoms with Gasteiger partial charge in [-0.3, -0.25) is 0 Å². The molecule has 13 nitrogen and oxygen atoms in total. The molecule has 4 aromatic rings. The molecule has 0 unspecified atom stereocenters. The van der Waals surface area contributed by atoms with Gasteiger partial charge in [-0.05, 0) is 67.9 Å². The highest BCUT2D eigenvalue weighted by Crippen LogP contribution is 2.29. The Bertz CT molecular complexity index is 1660. The summed E-state index contributed by atoms with van der Waals surface area (Å²) in [4.78, 5) is 29.9. The highest BCUT2D eigenvalue weighted by atomic mass is 19.1. The molecule has 8 N–H and O–H groups in total. The Morgan fingerprint density at radius 3 is 2.15 bits per heavy atom. The summed E-state index contributed by atoms with van der Waals surface area (Å²) in [5.41, 5.74) is 6.03. The Hall–Kier alpha value is -5.19. The number of piperidine rings is 1. The maximum atomic E-state index is 14.2. The van der Waals surface area contributed by atoms with Gasteiger partial charge in [0.2, 0.25) is 5.88 Å². The van der Waals surface area contributed by atoms with Crippen molar-refractivity contribution in [2.45, 2.75) is 25.0 Å². The first-order valence-electron chi connectivity index (χ1n) is 13.7. The number of ether oxygens (including phenoxy) is 1. The molecule has 0 aliphatic carbocycles. The topological polar surface area (TPSA) is 217 Å². The van der Waals surface area contributed by atoms with Crippen LogP contribution in [0.1, 0.15) is 23.2 Å². The second-order valence-electron chi connectivity index (χ2n) is 9.96. The third kappa shape index (κ3) is 9.40. The van der Waals surface area contributed by atoms with Gasteiger partial charge in [0.1, 0.15) is 23.1 Å². The minimum Gasteiger partial charge on any atom is -0.479 e. The fraction of sp³-hybridized carbons (Fsp3) is 0.267. The molecule has 1 aliphatic rings. The number of fused-ring (bicyclic) bond motifs is 1. The van der Waals surface area contributed by atoms with E-state index in [9.17, 15) is 27.6 Å². The first kappa shape index (κ1) is 35.3. The Morgan fingerprint density at radius 2 is 1.59 bits per heavy atom. The van der Waals surface area contributed by atoms with Gasteiger partial charge < -0.3 is 41.3 Å². The van der Waals surface area contributed by atoms with Gasteiger partial charge in [0, 0.05) is 18.2 Å². The van der Waals surface area contributed by atoms with E-state index in [1.807, 2.05) is 0 Å². The zero-order chi connectivity index (χ0) is 34.0. The number of hydrogen-bond acceptors (Lipinski definition) is 9. The third-order valence-corrected chi connectivity index (χ3v) is 6.59. The number of anilines is 1. The number of carbonyl (C=O) groups is 3. The van der Waals surface area contributed by atoms with Gasteiger partial charge in [-0.2, -0.15) is 0 Å². The Morgan fingerprint density at radius 1 is 0.957 bits per heavy atom. The number of nitrogens with one attached hydrogen (secondary N) is 1. The van der Waals surface area contributed by atoms with E-state index in [0.29, 0.717) is 35.0 Å². The van der Waals surface area contributed by atoms with E-state index in [1.165, 1.54) is 28.9 Å². The van der Waals surface area contributed by atoms with E-state index in [4.69, 9.17) is 36.0 Å². The van der Waals surface area contributed by atoms with Crippen molar-refractivity contribution >= 4 is 34.5 Å². The number of aliphatic hydroxyl groups excluding tert-OH is 2. The minimum absolute atomic E-state index is 0.0684. The van der Waals surface area contributed by atoms with Gasteiger partial charge in [-0.15, -0.1) is 5.10 Å². The molecule has 3 atom stereocenters. The molecule has 1 saturated heterocycles. The molecule has 46 heavy (non-hydrogen) atoms. The van der Waals surface area contributed by atoms with Gasteiger partial charge in [0.15, 0.2) is 12.2 Å². The number of aliphatic carboxylic acids is 2. The second kappa shape index (κ2) is 16.2. The van der Waals surface area contributed by atoms with E-state index in [0.717, 1.165) is 38.1 Å². The molecule has 0 bridgehead atoms. The average molecular weight is 649 g/mol. The zero-order valence-electron chi connectivity index (χ0n) is 24.0. The van der Waals surface area contributed by atoms with E-state index >= 15 is 0 Å². The lowest BCUT2D eigenvalue weighted by molar-refractivity contribution is -0.165. The summed E-state index contributed by atoms with van der Waals surface area (Å²) in [6.45, 7) is 2.44. The number of halogens is 3. The van der Waals surface area contributed by atoms with Gasteiger partial charge in [0.05, 0.1) is 23.1 Å². The molecule has 5 rings (SSSR count). The summed E-state index contributed by atoms with van der Waals surface area (Å²) in [7, 11) is 0. The maximum Gasteiger partial charge on any atom is 0.337 e. The predicted molar refractivity (Wildman–Crippen MR) is 157 cm³/mol. The van der Waals surface area contributed by atoms with Crippen LogP contribution in [0, 0.1) is 23.4 Å². The maximum absolute atomic E-state index is 14.2. The normalized spacial score (nSPS) is 15.4. The summed E-state index contributed by atoms with van der Waals surface area (Å²) in [5, 5.41) is 49.3. The number of aromatic carboxylic acids is 1. The lowest BCUT2D eigenvalue weighted by Crippen LogP contribution is -2.39. The summed E-state index contributed by atoms with van der Waals surface area (Å²) in [5.74, 6) is -5.38. The number of para-hydroxylation sites is 1. The van der Waals surface area contributed by atoms with Crippen molar-refractivity contribution < 1.29 is 57.8 Å². The summed E-state index contributed by atoms with van der Waals surface area (Å²) in [6, 6.07) is 13.9. The second-order valence-corrected chi connectivity index (χ2v) is 9.96. The Labute approximate surface area is 259 Å². The number of nitrogens with zero attached hydrogens (tertiary/aromatic N) is 2. The quantitative estimate of drug-likeness (QED) is 0.137. The van der Waals surface area contributed by atoms with Crippen LogP contribution in [0.3, 0.4) is 0 Å². The van der Waals surface area contributed by atoms with Crippen LogP contribution in [0.2, 0.25) is 0 Å². The number of hydrogen-bond donors (Lipinski definition) is 7. The third-order valence-electron chi connectivity index (χ3n) is 6.59. The smallest absolute Gasteiger partial charge is 0.337 e. The first-order valence-corrected chi connectivity index (χ1v) is 13.7. The minimum atomic E-state index is -2.27. The van der Waals surface area contributed by atoms with Crippen LogP contribution < -0.4 is 15.8 Å². The lowest BCUT2D eigenvalue weighted by atomic mass is 10.0. The molecular formula is C30H31F3N4O9. The van der Waals surface area contributed by atoms with Gasteiger partial charge in [-0.1, -0.05) is 12.1 Å². The van der Waals surface area contributed by atoms with E-state index in [1.54, 1.807) is 24.3 Å². The van der Waals surface area contributed by atoms with E-state index in [2.05, 4.69) is 10.4 Å². The van der Waals surface area contributed by atoms with Crippen molar-refractivity contribution in [1.82, 2.24) is 15.1 Å². The van der Waals surface area contributed by atoms with Crippen LogP contribution in [-0.4, -0.2) is 85.1 Å². The van der Waals surface area contributed by atoms with E-state index in [-0.39, 0.29) is 22.9 Å². The zero-order valence-corrected chi connectivity index (χ0v) is 24.0. The van der Waals surface area contributed by atoms with Crippen molar-refractivity contribution in [1.29, 1.82) is 0 Å². The van der Waals surface area contributed by atoms with Crippen LogP contribution in [-0.2, 0) is 9.59 Å². The number of aromatic nitrogens is 2. The van der Waals surface area contributed by atoms with E-state index < -0.39 is 35.9 Å². The van der Waals surface area contributed by atoms with Crippen LogP contribution in [0.25, 0.3) is 16.6 Å². The predicted octanol–water partition coefficient (Wildman–Crippen LogP) is 2.67. The molecule has 0 radical (unpaired) electrons. The van der Waals surface area contributed by atoms with Gasteiger partial charge in [-0.25, -0.2) is 32.2 Å². The molecule has 2 heterocycles. The molecule has 1 fully saturated rings. The first-order chi connectivity index (χ1) is 21.8. The molecular weight excluding hydrogens is 617 g/mol. The molecule has 0 amide bonds. The summed E-state index contributed by atoms with van der Waals surface area (Å²) in [6.07, 6.45) is -2.32. The van der Waals surface area contributed by atoms with Crippen LogP contribution in [0.5, 0.6) is 5.88 Å². The lowest BCUT2D eigenvalue weighted by Gasteiger charge is -2.22. The Balaban J connectivity index is 0.000000228. The number of nitrogens with two attached hydrogens (primary N) is 1. The molecule has 0 spiro atoms. The van der Waals surface area contributed by atoms with Crippen molar-refractivity contribution in [3.63, 3.8) is 0 Å². The fourth-order valence-electron chi connectivity index (χ4n) is 4.22. The number of nitrogen functional groups attached to an aromatic ring is 1. The number of carboxylic acids is 3. The average Bonchev–Trinajstić information content (AvgIpc) is 3.38. The highest BCUT2D eigenvalue weighted by Gasteiger charge is 2.29. The standard InChI is InChI=1S/C19H19F2N3O.C7H6FNO2.C4H6O6/c20-14-7-8-17-15(10-14)19(25-12-13-4-3-9-22-11-13)23-24(17)18-6-2-1-5-16(18)21;8-4-1-2-6(9)5(3-4)7(10)11;5-1(3(7)8)2(6)4(9)10/h1-2,5-8,10,13,22H,3-4,9,11-12H2;1-3H,9H2,(H,10,11);1-2,5-6H,(H,7,8)(H,9,10)/t13-;;1-,2-/m0.1/s1. The number of aliphatic hydroxyl groups is 2. The SMILES string of the molecule is Fc1ccc2c(c1)c(OC[C@H]1CCCNC1)nn2-c1ccccc1F.Nc1ccc(F)cc1C(=O)O.O=C(O)[C@H](O)[C@@H](O)C(=O)O. The number of carboxylic acid groups (broad SMARTS) is 3. The highest BCUT2D eigenvalue weighted by molar-refractivity contribution is 5.93.